The lowest BCUT2D eigenvalue weighted by Crippen LogP contribution is -2.22. The van der Waals surface area contributed by atoms with E-state index >= 15 is 0 Å². The number of likely N-dealkylation sites (tertiary alicyclic amines) is 1. The first-order valence-corrected chi connectivity index (χ1v) is 4.65. The van der Waals surface area contributed by atoms with E-state index in [2.05, 4.69) is 10.00 Å². The van der Waals surface area contributed by atoms with Crippen molar-refractivity contribution in [3.8, 4) is 0 Å². The zero-order valence-electron chi connectivity index (χ0n) is 7.80. The van der Waals surface area contributed by atoms with Crippen molar-refractivity contribution >= 4 is 5.69 Å². The molecule has 1 fully saturated rings. The lowest BCUT2D eigenvalue weighted by atomic mass is 10.4. The molecule has 0 saturated carbocycles. The molecule has 1 aliphatic heterocycles. The molecular formula is C8H12N4O2. The van der Waals surface area contributed by atoms with Crippen LogP contribution in [0.2, 0.25) is 0 Å². The molecule has 6 nitrogen and oxygen atoms in total. The average molecular weight is 196 g/mol. The van der Waals surface area contributed by atoms with Crippen LogP contribution in [-0.4, -0.2) is 32.7 Å². The topological polar surface area (TPSA) is 64.2 Å². The highest BCUT2D eigenvalue weighted by molar-refractivity contribution is 5.20. The molecule has 1 aliphatic rings. The van der Waals surface area contributed by atoms with Crippen molar-refractivity contribution in [1.82, 2.24) is 14.7 Å². The van der Waals surface area contributed by atoms with Gasteiger partial charge < -0.3 is 0 Å². The Kier molecular flexibility index (Phi) is 2.45. The quantitative estimate of drug-likeness (QED) is 0.531. The van der Waals surface area contributed by atoms with Crippen LogP contribution in [0.1, 0.15) is 12.8 Å². The van der Waals surface area contributed by atoms with Crippen LogP contribution in [0.3, 0.4) is 0 Å². The van der Waals surface area contributed by atoms with Gasteiger partial charge >= 0.3 is 5.69 Å². The normalized spacial score (nSPS) is 17.4. The van der Waals surface area contributed by atoms with Crippen LogP contribution in [0.25, 0.3) is 0 Å². The summed E-state index contributed by atoms with van der Waals surface area (Å²) in [7, 11) is 0. The first kappa shape index (κ1) is 9.14. The van der Waals surface area contributed by atoms with Gasteiger partial charge in [-0.3, -0.25) is 19.7 Å². The Labute approximate surface area is 81.3 Å². The highest BCUT2D eigenvalue weighted by Gasteiger charge is 2.14. The Balaban J connectivity index is 1.98. The second-order valence-corrected chi connectivity index (χ2v) is 3.46. The van der Waals surface area contributed by atoms with E-state index in [1.165, 1.54) is 25.2 Å². The summed E-state index contributed by atoms with van der Waals surface area (Å²) in [6.07, 6.45) is 5.18. The van der Waals surface area contributed by atoms with Gasteiger partial charge in [0.25, 0.3) is 0 Å². The largest absolute Gasteiger partial charge is 0.307 e. The molecule has 0 atom stereocenters. The minimum Gasteiger partial charge on any atom is -0.284 e. The second-order valence-electron chi connectivity index (χ2n) is 3.46. The molecule has 1 saturated heterocycles. The predicted molar refractivity (Wildman–Crippen MR) is 49.7 cm³/mol. The van der Waals surface area contributed by atoms with Gasteiger partial charge in [-0.2, -0.15) is 5.10 Å². The van der Waals surface area contributed by atoms with Gasteiger partial charge in [0.2, 0.25) is 0 Å². The average Bonchev–Trinajstić information content (AvgIpc) is 2.75. The summed E-state index contributed by atoms with van der Waals surface area (Å²) in [5, 5.41) is 14.3. The van der Waals surface area contributed by atoms with Crippen LogP contribution in [-0.2, 0) is 6.67 Å². The molecule has 0 unspecified atom stereocenters. The summed E-state index contributed by atoms with van der Waals surface area (Å²) in [5.74, 6) is 0. The molecule has 1 aromatic heterocycles. The minimum atomic E-state index is -0.423. The first-order valence-electron chi connectivity index (χ1n) is 4.65. The fourth-order valence-corrected chi connectivity index (χ4v) is 1.65. The fourth-order valence-electron chi connectivity index (χ4n) is 1.65. The zero-order chi connectivity index (χ0) is 9.97. The third kappa shape index (κ3) is 1.90. The number of aromatic nitrogens is 2. The van der Waals surface area contributed by atoms with Gasteiger partial charge in [0, 0.05) is 0 Å². The van der Waals surface area contributed by atoms with E-state index in [0.29, 0.717) is 6.67 Å². The first-order chi connectivity index (χ1) is 6.75. The molecular weight excluding hydrogens is 184 g/mol. The third-order valence-corrected chi connectivity index (χ3v) is 2.37. The third-order valence-electron chi connectivity index (χ3n) is 2.37. The Hall–Kier alpha value is -1.43. The van der Waals surface area contributed by atoms with Gasteiger partial charge in [0.15, 0.2) is 0 Å². The van der Waals surface area contributed by atoms with E-state index < -0.39 is 4.92 Å². The van der Waals surface area contributed by atoms with Crippen molar-refractivity contribution in [1.29, 1.82) is 0 Å². The van der Waals surface area contributed by atoms with E-state index in [-0.39, 0.29) is 5.69 Å². The molecule has 0 aromatic carbocycles. The Morgan fingerprint density at radius 2 is 2.21 bits per heavy atom. The molecule has 0 bridgehead atoms. The maximum Gasteiger partial charge on any atom is 0.307 e. The van der Waals surface area contributed by atoms with E-state index in [1.54, 1.807) is 4.68 Å². The molecule has 1 aromatic rings. The highest BCUT2D eigenvalue weighted by atomic mass is 16.6. The van der Waals surface area contributed by atoms with Crippen molar-refractivity contribution in [2.45, 2.75) is 19.5 Å². The summed E-state index contributed by atoms with van der Waals surface area (Å²) in [6.45, 7) is 2.79. The number of hydrogen-bond acceptors (Lipinski definition) is 4. The van der Waals surface area contributed by atoms with E-state index in [0.717, 1.165) is 13.1 Å². The molecule has 0 aliphatic carbocycles. The van der Waals surface area contributed by atoms with Crippen LogP contribution in [0.4, 0.5) is 5.69 Å². The van der Waals surface area contributed by atoms with Crippen LogP contribution < -0.4 is 0 Å². The molecule has 2 heterocycles. The molecule has 0 N–H and O–H groups in total. The number of nitro groups is 1. The van der Waals surface area contributed by atoms with Crippen molar-refractivity contribution in [3.05, 3.63) is 22.5 Å². The summed E-state index contributed by atoms with van der Waals surface area (Å²) >= 11 is 0. The highest BCUT2D eigenvalue weighted by Crippen LogP contribution is 2.11. The van der Waals surface area contributed by atoms with Crippen LogP contribution >= 0.6 is 0 Å². The van der Waals surface area contributed by atoms with Gasteiger partial charge in [-0.05, 0) is 25.9 Å². The molecule has 6 heteroatoms. The molecule has 14 heavy (non-hydrogen) atoms. The van der Waals surface area contributed by atoms with Crippen molar-refractivity contribution in [2.24, 2.45) is 0 Å². The molecule has 76 valence electrons. The van der Waals surface area contributed by atoms with Gasteiger partial charge in [-0.25, -0.2) is 0 Å². The standard InChI is InChI=1S/C8H12N4O2/c13-12(14)8-5-9-11(6-8)7-10-3-1-2-4-10/h5-6H,1-4,7H2. The maximum absolute atomic E-state index is 10.4. The molecule has 0 spiro atoms. The van der Waals surface area contributed by atoms with E-state index in [4.69, 9.17) is 0 Å². The van der Waals surface area contributed by atoms with Gasteiger partial charge in [-0.1, -0.05) is 0 Å². The fraction of sp³-hybridized carbons (Fsp3) is 0.625. The van der Waals surface area contributed by atoms with Gasteiger partial charge in [-0.15, -0.1) is 0 Å². The Morgan fingerprint density at radius 1 is 1.50 bits per heavy atom. The monoisotopic (exact) mass is 196 g/mol. The van der Waals surface area contributed by atoms with E-state index in [1.807, 2.05) is 0 Å². The molecule has 2 rings (SSSR count). The zero-order valence-corrected chi connectivity index (χ0v) is 7.80. The van der Waals surface area contributed by atoms with E-state index in [9.17, 15) is 10.1 Å². The number of rotatable bonds is 3. The SMILES string of the molecule is O=[N+]([O-])c1cnn(CN2CCCC2)c1. The molecule has 0 radical (unpaired) electrons. The summed E-state index contributed by atoms with van der Waals surface area (Å²) in [4.78, 5) is 12.2. The van der Waals surface area contributed by atoms with Crippen LogP contribution in [0.5, 0.6) is 0 Å². The minimum absolute atomic E-state index is 0.0594. The summed E-state index contributed by atoms with van der Waals surface area (Å²) in [5.41, 5.74) is 0.0594. The van der Waals surface area contributed by atoms with Crippen LogP contribution in [0.15, 0.2) is 12.4 Å². The summed E-state index contributed by atoms with van der Waals surface area (Å²) in [6, 6.07) is 0. The Bertz CT molecular complexity index is 330. The maximum atomic E-state index is 10.4. The number of hydrogen-bond donors (Lipinski definition) is 0. The number of nitrogens with zero attached hydrogens (tertiary/aromatic N) is 4. The smallest absolute Gasteiger partial charge is 0.284 e. The Morgan fingerprint density at radius 3 is 2.79 bits per heavy atom. The van der Waals surface area contributed by atoms with Crippen molar-refractivity contribution in [2.75, 3.05) is 13.1 Å². The second kappa shape index (κ2) is 3.75. The van der Waals surface area contributed by atoms with Crippen molar-refractivity contribution < 1.29 is 4.92 Å². The lowest BCUT2D eigenvalue weighted by molar-refractivity contribution is -0.385. The van der Waals surface area contributed by atoms with Gasteiger partial charge in [0.05, 0.1) is 11.6 Å². The summed E-state index contributed by atoms with van der Waals surface area (Å²) < 4.78 is 1.61. The van der Waals surface area contributed by atoms with Crippen LogP contribution in [0, 0.1) is 10.1 Å². The predicted octanol–water partition coefficient (Wildman–Crippen LogP) is 0.845. The lowest BCUT2D eigenvalue weighted by Gasteiger charge is -2.13. The van der Waals surface area contributed by atoms with Crippen molar-refractivity contribution in [3.63, 3.8) is 0 Å². The molecule has 0 amide bonds. The van der Waals surface area contributed by atoms with Gasteiger partial charge in [0.1, 0.15) is 12.4 Å².